The summed E-state index contributed by atoms with van der Waals surface area (Å²) in [7, 11) is 0. The number of nitrogens with zero attached hydrogens (tertiary/aromatic N) is 2. The van der Waals surface area contributed by atoms with Crippen LogP contribution in [0.3, 0.4) is 0 Å². The zero-order chi connectivity index (χ0) is 11.7. The first-order valence-corrected chi connectivity index (χ1v) is 5.38. The molecule has 4 nitrogen and oxygen atoms in total. The fourth-order valence-corrected chi connectivity index (χ4v) is 1.72. The van der Waals surface area contributed by atoms with Gasteiger partial charge in [0, 0.05) is 18.3 Å². The van der Waals surface area contributed by atoms with Gasteiger partial charge < -0.3 is 10.2 Å². The SMILES string of the molecule is NCc1cc(-c2nc3ccccc3o2)ccn1. The molecule has 0 aliphatic heterocycles. The van der Waals surface area contributed by atoms with Gasteiger partial charge in [-0.05, 0) is 24.3 Å². The molecular weight excluding hydrogens is 214 g/mol. The molecule has 0 aliphatic rings. The number of aromatic nitrogens is 2. The first-order chi connectivity index (χ1) is 8.36. The lowest BCUT2D eigenvalue weighted by molar-refractivity contribution is 0.619. The third kappa shape index (κ3) is 1.79. The van der Waals surface area contributed by atoms with E-state index in [4.69, 9.17) is 10.2 Å². The van der Waals surface area contributed by atoms with Crippen LogP contribution in [-0.4, -0.2) is 9.97 Å². The smallest absolute Gasteiger partial charge is 0.227 e. The van der Waals surface area contributed by atoms with E-state index in [0.717, 1.165) is 22.4 Å². The van der Waals surface area contributed by atoms with Crippen LogP contribution in [0, 0.1) is 0 Å². The van der Waals surface area contributed by atoms with Crippen molar-refractivity contribution in [1.29, 1.82) is 0 Å². The van der Waals surface area contributed by atoms with Gasteiger partial charge in [-0.3, -0.25) is 4.98 Å². The molecule has 3 aromatic rings. The average molecular weight is 225 g/mol. The molecule has 17 heavy (non-hydrogen) atoms. The van der Waals surface area contributed by atoms with Crippen LogP contribution in [0.2, 0.25) is 0 Å². The lowest BCUT2D eigenvalue weighted by atomic mass is 10.2. The number of nitrogens with two attached hydrogens (primary N) is 1. The molecule has 0 fully saturated rings. The quantitative estimate of drug-likeness (QED) is 0.727. The van der Waals surface area contributed by atoms with Crippen LogP contribution in [0.4, 0.5) is 0 Å². The molecule has 3 rings (SSSR count). The van der Waals surface area contributed by atoms with E-state index in [-0.39, 0.29) is 0 Å². The highest BCUT2D eigenvalue weighted by Gasteiger charge is 2.07. The molecule has 0 atom stereocenters. The van der Waals surface area contributed by atoms with Gasteiger partial charge in [0.1, 0.15) is 5.52 Å². The highest BCUT2D eigenvalue weighted by atomic mass is 16.3. The van der Waals surface area contributed by atoms with Crippen LogP contribution in [0.1, 0.15) is 5.69 Å². The van der Waals surface area contributed by atoms with E-state index < -0.39 is 0 Å². The first-order valence-electron chi connectivity index (χ1n) is 5.38. The molecule has 0 spiro atoms. The number of hydrogen-bond donors (Lipinski definition) is 1. The highest BCUT2D eigenvalue weighted by molar-refractivity contribution is 5.75. The van der Waals surface area contributed by atoms with Gasteiger partial charge in [-0.1, -0.05) is 12.1 Å². The standard InChI is InChI=1S/C13H11N3O/c14-8-10-7-9(5-6-15-10)13-16-11-3-1-2-4-12(11)17-13/h1-7H,8,14H2. The Labute approximate surface area is 98.1 Å². The maximum Gasteiger partial charge on any atom is 0.227 e. The van der Waals surface area contributed by atoms with Crippen molar-refractivity contribution in [3.05, 3.63) is 48.3 Å². The summed E-state index contributed by atoms with van der Waals surface area (Å²) < 4.78 is 5.67. The van der Waals surface area contributed by atoms with E-state index in [9.17, 15) is 0 Å². The van der Waals surface area contributed by atoms with Crippen LogP contribution in [0.25, 0.3) is 22.6 Å². The third-order valence-corrected chi connectivity index (χ3v) is 2.57. The molecule has 0 radical (unpaired) electrons. The summed E-state index contributed by atoms with van der Waals surface area (Å²) in [5.74, 6) is 0.600. The number of hydrogen-bond acceptors (Lipinski definition) is 4. The number of pyridine rings is 1. The minimum atomic E-state index is 0.411. The minimum absolute atomic E-state index is 0.411. The molecule has 2 aromatic heterocycles. The summed E-state index contributed by atoms with van der Waals surface area (Å²) in [5.41, 5.74) is 8.92. The zero-order valence-corrected chi connectivity index (χ0v) is 9.13. The number of benzene rings is 1. The van der Waals surface area contributed by atoms with Crippen LogP contribution in [0.5, 0.6) is 0 Å². The second-order valence-electron chi connectivity index (χ2n) is 3.73. The van der Waals surface area contributed by atoms with Gasteiger partial charge in [-0.25, -0.2) is 4.98 Å². The maximum absolute atomic E-state index is 5.67. The fraction of sp³-hybridized carbons (Fsp3) is 0.0769. The Morgan fingerprint density at radius 2 is 2.06 bits per heavy atom. The topological polar surface area (TPSA) is 64.9 Å². The number of fused-ring (bicyclic) bond motifs is 1. The van der Waals surface area contributed by atoms with Crippen LogP contribution < -0.4 is 5.73 Å². The van der Waals surface area contributed by atoms with Crippen LogP contribution >= 0.6 is 0 Å². The predicted molar refractivity (Wildman–Crippen MR) is 65.1 cm³/mol. The lowest BCUT2D eigenvalue weighted by Crippen LogP contribution is -1.98. The summed E-state index contributed by atoms with van der Waals surface area (Å²) >= 11 is 0. The highest BCUT2D eigenvalue weighted by Crippen LogP contribution is 2.23. The number of rotatable bonds is 2. The second-order valence-corrected chi connectivity index (χ2v) is 3.73. The number of oxazole rings is 1. The van der Waals surface area contributed by atoms with Crippen molar-refractivity contribution in [3.8, 4) is 11.5 Å². The number of para-hydroxylation sites is 2. The first kappa shape index (κ1) is 9.99. The summed E-state index contributed by atoms with van der Waals surface area (Å²) in [5, 5.41) is 0. The Balaban J connectivity index is 2.13. The monoisotopic (exact) mass is 225 g/mol. The summed E-state index contributed by atoms with van der Waals surface area (Å²) in [6.07, 6.45) is 1.71. The zero-order valence-electron chi connectivity index (χ0n) is 9.13. The Hall–Kier alpha value is -2.20. The molecule has 84 valence electrons. The molecule has 0 amide bonds. The van der Waals surface area contributed by atoms with Crippen molar-refractivity contribution in [1.82, 2.24) is 9.97 Å². The van der Waals surface area contributed by atoms with Gasteiger partial charge in [0.05, 0.1) is 5.69 Å². The van der Waals surface area contributed by atoms with Crippen molar-refractivity contribution >= 4 is 11.1 Å². The van der Waals surface area contributed by atoms with Crippen LogP contribution in [-0.2, 0) is 6.54 Å². The van der Waals surface area contributed by atoms with Gasteiger partial charge in [0.25, 0.3) is 0 Å². The molecular formula is C13H11N3O. The van der Waals surface area contributed by atoms with E-state index in [2.05, 4.69) is 9.97 Å². The van der Waals surface area contributed by atoms with Crippen molar-refractivity contribution in [2.45, 2.75) is 6.54 Å². The predicted octanol–water partition coefficient (Wildman–Crippen LogP) is 2.35. The summed E-state index contributed by atoms with van der Waals surface area (Å²) in [4.78, 5) is 8.57. The Morgan fingerprint density at radius 3 is 2.88 bits per heavy atom. The van der Waals surface area contributed by atoms with Crippen LogP contribution in [0.15, 0.2) is 47.0 Å². The normalized spacial score (nSPS) is 10.9. The molecule has 0 saturated heterocycles. The molecule has 2 N–H and O–H groups in total. The molecule has 4 heteroatoms. The lowest BCUT2D eigenvalue weighted by Gasteiger charge is -1.97. The Bertz CT molecular complexity index is 627. The maximum atomic E-state index is 5.67. The Kier molecular flexibility index (Phi) is 2.34. The average Bonchev–Trinajstić information content (AvgIpc) is 2.82. The largest absolute Gasteiger partial charge is 0.436 e. The van der Waals surface area contributed by atoms with Gasteiger partial charge >= 0.3 is 0 Å². The van der Waals surface area contributed by atoms with Crippen molar-refractivity contribution in [2.75, 3.05) is 0 Å². The second kappa shape index (κ2) is 3.99. The molecule has 2 heterocycles. The van der Waals surface area contributed by atoms with Gasteiger partial charge in [0.2, 0.25) is 5.89 Å². The Morgan fingerprint density at radius 1 is 1.18 bits per heavy atom. The van der Waals surface area contributed by atoms with Crippen molar-refractivity contribution < 1.29 is 4.42 Å². The van der Waals surface area contributed by atoms with Crippen molar-refractivity contribution in [2.24, 2.45) is 5.73 Å². The van der Waals surface area contributed by atoms with Gasteiger partial charge in [0.15, 0.2) is 5.58 Å². The molecule has 0 unspecified atom stereocenters. The molecule has 0 aliphatic carbocycles. The third-order valence-electron chi connectivity index (χ3n) is 2.57. The summed E-state index contributed by atoms with van der Waals surface area (Å²) in [6, 6.07) is 11.4. The fourth-order valence-electron chi connectivity index (χ4n) is 1.72. The molecule has 1 aromatic carbocycles. The van der Waals surface area contributed by atoms with Gasteiger partial charge in [-0.2, -0.15) is 0 Å². The van der Waals surface area contributed by atoms with E-state index in [1.165, 1.54) is 0 Å². The van der Waals surface area contributed by atoms with E-state index in [0.29, 0.717) is 12.4 Å². The molecule has 0 bridgehead atoms. The van der Waals surface area contributed by atoms with E-state index >= 15 is 0 Å². The summed E-state index contributed by atoms with van der Waals surface area (Å²) in [6.45, 7) is 0.411. The minimum Gasteiger partial charge on any atom is -0.436 e. The van der Waals surface area contributed by atoms with Crippen molar-refractivity contribution in [3.63, 3.8) is 0 Å². The molecule has 0 saturated carbocycles. The van der Waals surface area contributed by atoms with E-state index in [1.54, 1.807) is 6.20 Å². The van der Waals surface area contributed by atoms with E-state index in [1.807, 2.05) is 36.4 Å². The van der Waals surface area contributed by atoms with Gasteiger partial charge in [-0.15, -0.1) is 0 Å².